The SMILES string of the molecule is CCNC(C)c1ccc(N2CCCN(C)CC2C)cc1Br. The van der Waals surface area contributed by atoms with Gasteiger partial charge >= 0.3 is 0 Å². The van der Waals surface area contributed by atoms with Crippen molar-refractivity contribution in [2.45, 2.75) is 39.3 Å². The van der Waals surface area contributed by atoms with Gasteiger partial charge < -0.3 is 15.1 Å². The normalized spacial score (nSPS) is 22.1. The number of likely N-dealkylation sites (N-methyl/N-ethyl adjacent to an activating group) is 1. The Balaban J connectivity index is 2.18. The van der Waals surface area contributed by atoms with E-state index in [2.05, 4.69) is 77.1 Å². The minimum atomic E-state index is 0.381. The van der Waals surface area contributed by atoms with Gasteiger partial charge in [-0.1, -0.05) is 28.9 Å². The summed E-state index contributed by atoms with van der Waals surface area (Å²) in [7, 11) is 2.22. The highest BCUT2D eigenvalue weighted by atomic mass is 79.9. The number of hydrogen-bond donors (Lipinski definition) is 1. The van der Waals surface area contributed by atoms with Crippen LogP contribution in [-0.4, -0.2) is 44.2 Å². The smallest absolute Gasteiger partial charge is 0.0388 e. The van der Waals surface area contributed by atoms with E-state index < -0.39 is 0 Å². The molecule has 2 unspecified atom stereocenters. The molecule has 2 rings (SSSR count). The van der Waals surface area contributed by atoms with E-state index in [0.29, 0.717) is 12.1 Å². The molecule has 0 bridgehead atoms. The summed E-state index contributed by atoms with van der Waals surface area (Å²) < 4.78 is 1.21. The first-order chi connectivity index (χ1) is 10.0. The molecule has 4 heteroatoms. The maximum Gasteiger partial charge on any atom is 0.0388 e. The first-order valence-corrected chi connectivity index (χ1v) is 8.80. The molecule has 1 aromatic carbocycles. The summed E-state index contributed by atoms with van der Waals surface area (Å²) in [6.45, 7) is 11.1. The van der Waals surface area contributed by atoms with Crippen LogP contribution in [0.5, 0.6) is 0 Å². The summed E-state index contributed by atoms with van der Waals surface area (Å²) in [4.78, 5) is 4.97. The summed E-state index contributed by atoms with van der Waals surface area (Å²) in [5, 5.41) is 3.48. The van der Waals surface area contributed by atoms with Gasteiger partial charge in [0.15, 0.2) is 0 Å². The molecule has 0 saturated carbocycles. The second-order valence-corrected chi connectivity index (χ2v) is 7.00. The predicted octanol–water partition coefficient (Wildman–Crippen LogP) is 3.65. The third kappa shape index (κ3) is 4.21. The van der Waals surface area contributed by atoms with Crippen LogP contribution < -0.4 is 10.2 Å². The molecule has 0 radical (unpaired) electrons. The summed E-state index contributed by atoms with van der Waals surface area (Å²) in [6, 6.07) is 7.75. The molecule has 1 saturated heterocycles. The van der Waals surface area contributed by atoms with E-state index in [4.69, 9.17) is 0 Å². The van der Waals surface area contributed by atoms with Gasteiger partial charge in [-0.25, -0.2) is 0 Å². The molecule has 0 aromatic heterocycles. The Morgan fingerprint density at radius 2 is 2.14 bits per heavy atom. The van der Waals surface area contributed by atoms with Gasteiger partial charge in [-0.3, -0.25) is 0 Å². The van der Waals surface area contributed by atoms with E-state index in [0.717, 1.165) is 19.6 Å². The molecule has 1 heterocycles. The third-order valence-corrected chi connectivity index (χ3v) is 5.03. The van der Waals surface area contributed by atoms with Crippen LogP contribution in [0.25, 0.3) is 0 Å². The number of benzene rings is 1. The highest BCUT2D eigenvalue weighted by Crippen LogP contribution is 2.30. The second kappa shape index (κ2) is 7.61. The number of anilines is 1. The molecular formula is C17H28BrN3. The number of halogens is 1. The molecule has 1 aliphatic heterocycles. The van der Waals surface area contributed by atoms with Crippen LogP contribution in [0, 0.1) is 0 Å². The molecule has 2 atom stereocenters. The zero-order valence-electron chi connectivity index (χ0n) is 13.7. The molecule has 0 spiro atoms. The van der Waals surface area contributed by atoms with Crippen molar-refractivity contribution in [2.75, 3.05) is 38.1 Å². The minimum absolute atomic E-state index is 0.381. The molecule has 1 aliphatic rings. The van der Waals surface area contributed by atoms with E-state index in [-0.39, 0.29) is 0 Å². The van der Waals surface area contributed by atoms with Gasteiger partial charge in [0.05, 0.1) is 0 Å². The quantitative estimate of drug-likeness (QED) is 0.891. The fourth-order valence-electron chi connectivity index (χ4n) is 3.22. The summed E-state index contributed by atoms with van der Waals surface area (Å²) >= 11 is 3.76. The fraction of sp³-hybridized carbons (Fsp3) is 0.647. The van der Waals surface area contributed by atoms with Gasteiger partial charge in [0.2, 0.25) is 0 Å². The Kier molecular flexibility index (Phi) is 6.08. The van der Waals surface area contributed by atoms with E-state index >= 15 is 0 Å². The number of nitrogens with one attached hydrogen (secondary N) is 1. The van der Waals surface area contributed by atoms with Crippen LogP contribution in [0.15, 0.2) is 22.7 Å². The zero-order valence-corrected chi connectivity index (χ0v) is 15.3. The second-order valence-electron chi connectivity index (χ2n) is 6.14. The molecular weight excluding hydrogens is 326 g/mol. The lowest BCUT2D eigenvalue weighted by molar-refractivity contribution is 0.337. The van der Waals surface area contributed by atoms with Crippen molar-refractivity contribution < 1.29 is 0 Å². The minimum Gasteiger partial charge on any atom is -0.367 e. The Hall–Kier alpha value is -0.580. The van der Waals surface area contributed by atoms with Gasteiger partial charge in [0.25, 0.3) is 0 Å². The Morgan fingerprint density at radius 1 is 1.38 bits per heavy atom. The van der Waals surface area contributed by atoms with E-state index in [1.807, 2.05) is 0 Å². The maximum atomic E-state index is 3.76. The molecule has 0 aliphatic carbocycles. The van der Waals surface area contributed by atoms with Crippen LogP contribution in [0.2, 0.25) is 0 Å². The van der Waals surface area contributed by atoms with Crippen LogP contribution in [0.4, 0.5) is 5.69 Å². The molecule has 3 nitrogen and oxygen atoms in total. The monoisotopic (exact) mass is 353 g/mol. The van der Waals surface area contributed by atoms with Crippen molar-refractivity contribution in [3.8, 4) is 0 Å². The van der Waals surface area contributed by atoms with Crippen molar-refractivity contribution in [1.29, 1.82) is 0 Å². The standard InChI is InChI=1S/C17H28BrN3/c1-5-19-14(3)16-8-7-15(11-17(16)18)21-10-6-9-20(4)12-13(21)2/h7-8,11,13-14,19H,5-6,9-10,12H2,1-4H3. The van der Waals surface area contributed by atoms with E-state index in [9.17, 15) is 0 Å². The Morgan fingerprint density at radius 3 is 2.81 bits per heavy atom. The lowest BCUT2D eigenvalue weighted by Gasteiger charge is -2.31. The zero-order chi connectivity index (χ0) is 15.4. The number of rotatable bonds is 4. The molecule has 0 amide bonds. The largest absolute Gasteiger partial charge is 0.367 e. The summed E-state index contributed by atoms with van der Waals surface area (Å²) in [6.07, 6.45) is 1.23. The molecule has 21 heavy (non-hydrogen) atoms. The van der Waals surface area contributed by atoms with Crippen molar-refractivity contribution in [1.82, 2.24) is 10.2 Å². The molecule has 1 aromatic rings. The van der Waals surface area contributed by atoms with Gasteiger partial charge in [-0.2, -0.15) is 0 Å². The lowest BCUT2D eigenvalue weighted by atomic mass is 10.1. The fourth-order valence-corrected chi connectivity index (χ4v) is 3.93. The first-order valence-electron chi connectivity index (χ1n) is 8.01. The first kappa shape index (κ1) is 16.8. The van der Waals surface area contributed by atoms with Crippen molar-refractivity contribution in [3.05, 3.63) is 28.2 Å². The van der Waals surface area contributed by atoms with Gasteiger partial charge in [0.1, 0.15) is 0 Å². The van der Waals surface area contributed by atoms with Crippen LogP contribution in [0.1, 0.15) is 38.8 Å². The average molecular weight is 354 g/mol. The third-order valence-electron chi connectivity index (χ3n) is 4.34. The van der Waals surface area contributed by atoms with Gasteiger partial charge in [-0.15, -0.1) is 0 Å². The summed E-state index contributed by atoms with van der Waals surface area (Å²) in [5.74, 6) is 0. The molecule has 1 fully saturated rings. The summed E-state index contributed by atoms with van der Waals surface area (Å²) in [5.41, 5.74) is 2.66. The Labute approximate surface area is 137 Å². The van der Waals surface area contributed by atoms with Crippen LogP contribution in [0.3, 0.4) is 0 Å². The Bertz CT molecular complexity index is 463. The number of nitrogens with zero attached hydrogens (tertiary/aromatic N) is 2. The number of hydrogen-bond acceptors (Lipinski definition) is 3. The van der Waals surface area contributed by atoms with Crippen molar-refractivity contribution in [2.24, 2.45) is 0 Å². The highest BCUT2D eigenvalue weighted by molar-refractivity contribution is 9.10. The van der Waals surface area contributed by atoms with E-state index in [1.165, 1.54) is 28.7 Å². The van der Waals surface area contributed by atoms with Gasteiger partial charge in [0, 0.05) is 35.3 Å². The molecule has 118 valence electrons. The van der Waals surface area contributed by atoms with Crippen molar-refractivity contribution in [3.63, 3.8) is 0 Å². The lowest BCUT2D eigenvalue weighted by Crippen LogP contribution is -2.37. The predicted molar refractivity (Wildman–Crippen MR) is 95.2 cm³/mol. The van der Waals surface area contributed by atoms with Crippen LogP contribution in [-0.2, 0) is 0 Å². The van der Waals surface area contributed by atoms with Crippen molar-refractivity contribution >= 4 is 21.6 Å². The van der Waals surface area contributed by atoms with Gasteiger partial charge in [-0.05, 0) is 58.1 Å². The highest BCUT2D eigenvalue weighted by Gasteiger charge is 2.20. The maximum absolute atomic E-state index is 3.76. The average Bonchev–Trinajstić information content (AvgIpc) is 2.59. The van der Waals surface area contributed by atoms with E-state index in [1.54, 1.807) is 0 Å². The van der Waals surface area contributed by atoms with Crippen LogP contribution >= 0.6 is 15.9 Å². The topological polar surface area (TPSA) is 18.5 Å². The molecule has 1 N–H and O–H groups in total.